The Balaban J connectivity index is 1.81. The van der Waals surface area contributed by atoms with Crippen molar-refractivity contribution in [2.24, 2.45) is 0 Å². The highest BCUT2D eigenvalue weighted by Gasteiger charge is 2.32. The van der Waals surface area contributed by atoms with Crippen molar-refractivity contribution in [3.63, 3.8) is 0 Å². The van der Waals surface area contributed by atoms with Crippen LogP contribution in [0.2, 0.25) is 0 Å². The van der Waals surface area contributed by atoms with E-state index in [1.165, 1.54) is 5.56 Å². The fourth-order valence-corrected chi connectivity index (χ4v) is 3.39. The van der Waals surface area contributed by atoms with Crippen molar-refractivity contribution in [1.29, 1.82) is 0 Å². The number of pyridine rings is 1. The van der Waals surface area contributed by atoms with E-state index in [4.69, 9.17) is 0 Å². The number of benzene rings is 1. The largest absolute Gasteiger partial charge is 0.294 e. The molecule has 0 radical (unpaired) electrons. The highest BCUT2D eigenvalue weighted by Crippen LogP contribution is 2.34. The fraction of sp³-hybridized carbons (Fsp3) is 0.211. The third kappa shape index (κ3) is 2.36. The minimum absolute atomic E-state index is 0.180. The lowest BCUT2D eigenvalue weighted by Gasteiger charge is -2.23. The second-order valence-electron chi connectivity index (χ2n) is 5.95. The normalized spacial score (nSPS) is 17.1. The number of aryl methyl sites for hydroxylation is 1. The van der Waals surface area contributed by atoms with Gasteiger partial charge in [0.05, 0.1) is 17.0 Å². The van der Waals surface area contributed by atoms with Gasteiger partial charge in [0.2, 0.25) is 0 Å². The van der Waals surface area contributed by atoms with E-state index in [0.29, 0.717) is 6.42 Å². The van der Waals surface area contributed by atoms with Crippen LogP contribution in [0.3, 0.4) is 0 Å². The molecule has 114 valence electrons. The van der Waals surface area contributed by atoms with Crippen LogP contribution in [0.5, 0.6) is 0 Å². The maximum atomic E-state index is 12.7. The molecular formula is C19H17N3O. The summed E-state index contributed by atoms with van der Waals surface area (Å²) in [5.41, 5.74) is 3.76. The Morgan fingerprint density at radius 3 is 2.57 bits per heavy atom. The number of hydrogen-bond acceptors (Lipinski definition) is 3. The summed E-state index contributed by atoms with van der Waals surface area (Å²) in [6, 6.07) is 16.0. The van der Waals surface area contributed by atoms with Crippen LogP contribution in [-0.2, 0) is 6.42 Å². The van der Waals surface area contributed by atoms with E-state index in [-0.39, 0.29) is 11.7 Å². The summed E-state index contributed by atoms with van der Waals surface area (Å²) in [5.74, 6) is 1.15. The van der Waals surface area contributed by atoms with Crippen molar-refractivity contribution in [2.75, 3.05) is 0 Å². The summed E-state index contributed by atoms with van der Waals surface area (Å²) >= 11 is 0. The van der Waals surface area contributed by atoms with Crippen molar-refractivity contribution < 1.29 is 4.79 Å². The maximum absolute atomic E-state index is 12.7. The summed E-state index contributed by atoms with van der Waals surface area (Å²) in [5, 5.41) is 4.57. The SMILES string of the molecule is Cc1nn(-c2ccccn2)c2c1C(=O)CC(c1ccccc1)C2. The summed E-state index contributed by atoms with van der Waals surface area (Å²) in [6.07, 6.45) is 3.10. The van der Waals surface area contributed by atoms with Gasteiger partial charge >= 0.3 is 0 Å². The van der Waals surface area contributed by atoms with Crippen molar-refractivity contribution in [1.82, 2.24) is 14.8 Å². The van der Waals surface area contributed by atoms with Gasteiger partial charge in [-0.1, -0.05) is 36.4 Å². The third-order valence-electron chi connectivity index (χ3n) is 4.44. The number of nitrogens with zero attached hydrogens (tertiary/aromatic N) is 3. The summed E-state index contributed by atoms with van der Waals surface area (Å²) in [4.78, 5) is 17.0. The van der Waals surface area contributed by atoms with Gasteiger partial charge in [0.1, 0.15) is 0 Å². The highest BCUT2D eigenvalue weighted by atomic mass is 16.1. The number of aromatic nitrogens is 3. The molecule has 4 rings (SSSR count). The standard InChI is InChI=1S/C19H17N3O/c1-13-19-16(22(21-13)18-9-5-6-10-20-18)11-15(12-17(19)23)14-7-3-2-4-8-14/h2-10,15H,11-12H2,1H3. The average molecular weight is 303 g/mol. The van der Waals surface area contributed by atoms with Crippen molar-refractivity contribution in [3.8, 4) is 5.82 Å². The predicted octanol–water partition coefficient (Wildman–Crippen LogP) is 3.49. The van der Waals surface area contributed by atoms with Crippen LogP contribution >= 0.6 is 0 Å². The van der Waals surface area contributed by atoms with Crippen LogP contribution < -0.4 is 0 Å². The smallest absolute Gasteiger partial charge is 0.167 e. The molecule has 1 aliphatic carbocycles. The number of Topliss-reactive ketones (excluding diaryl/α,β-unsaturated/α-hetero) is 1. The Labute approximate surface area is 134 Å². The zero-order valence-corrected chi connectivity index (χ0v) is 12.9. The Morgan fingerprint density at radius 2 is 1.83 bits per heavy atom. The maximum Gasteiger partial charge on any atom is 0.167 e. The summed E-state index contributed by atoms with van der Waals surface area (Å²) in [6.45, 7) is 1.90. The zero-order chi connectivity index (χ0) is 15.8. The van der Waals surface area contributed by atoms with Crippen LogP contribution in [0.15, 0.2) is 54.7 Å². The molecule has 0 amide bonds. The molecule has 2 aromatic heterocycles. The van der Waals surface area contributed by atoms with Gasteiger partial charge in [-0.15, -0.1) is 0 Å². The van der Waals surface area contributed by atoms with Crippen LogP contribution in [-0.4, -0.2) is 20.5 Å². The first-order chi connectivity index (χ1) is 11.2. The summed E-state index contributed by atoms with van der Waals surface area (Å²) in [7, 11) is 0. The lowest BCUT2D eigenvalue weighted by molar-refractivity contribution is 0.0963. The van der Waals surface area contributed by atoms with Gasteiger partial charge in [0.25, 0.3) is 0 Å². The molecule has 4 nitrogen and oxygen atoms in total. The Hall–Kier alpha value is -2.75. The number of hydrogen-bond donors (Lipinski definition) is 0. The van der Waals surface area contributed by atoms with Crippen LogP contribution in [0, 0.1) is 6.92 Å². The molecular weight excluding hydrogens is 286 g/mol. The number of ketones is 1. The van der Waals surface area contributed by atoms with Gasteiger partial charge in [-0.2, -0.15) is 5.10 Å². The van der Waals surface area contributed by atoms with E-state index >= 15 is 0 Å². The zero-order valence-electron chi connectivity index (χ0n) is 12.9. The van der Waals surface area contributed by atoms with Gasteiger partial charge < -0.3 is 0 Å². The molecule has 1 aliphatic rings. The molecule has 3 aromatic rings. The monoisotopic (exact) mass is 303 g/mol. The quantitative estimate of drug-likeness (QED) is 0.728. The van der Waals surface area contributed by atoms with Gasteiger partial charge in [-0.3, -0.25) is 4.79 Å². The van der Waals surface area contributed by atoms with E-state index in [1.54, 1.807) is 6.20 Å². The minimum Gasteiger partial charge on any atom is -0.294 e. The third-order valence-corrected chi connectivity index (χ3v) is 4.44. The molecule has 0 N–H and O–H groups in total. The van der Waals surface area contributed by atoms with E-state index in [0.717, 1.165) is 29.2 Å². The highest BCUT2D eigenvalue weighted by molar-refractivity contribution is 6.00. The molecule has 0 bridgehead atoms. The molecule has 4 heteroatoms. The molecule has 0 spiro atoms. The Bertz CT molecular complexity index is 853. The molecule has 2 heterocycles. The topological polar surface area (TPSA) is 47.8 Å². The molecule has 0 fully saturated rings. The lowest BCUT2D eigenvalue weighted by atomic mass is 9.81. The molecule has 0 saturated heterocycles. The molecule has 1 unspecified atom stereocenters. The molecule has 0 aliphatic heterocycles. The van der Waals surface area contributed by atoms with Crippen molar-refractivity contribution >= 4 is 5.78 Å². The van der Waals surface area contributed by atoms with E-state index in [2.05, 4.69) is 22.2 Å². The number of carbonyl (C=O) groups excluding carboxylic acids is 1. The predicted molar refractivity (Wildman–Crippen MR) is 87.9 cm³/mol. The first kappa shape index (κ1) is 13.9. The van der Waals surface area contributed by atoms with Crippen LogP contribution in [0.25, 0.3) is 5.82 Å². The van der Waals surface area contributed by atoms with E-state index < -0.39 is 0 Å². The molecule has 23 heavy (non-hydrogen) atoms. The van der Waals surface area contributed by atoms with Gasteiger partial charge in [0.15, 0.2) is 11.6 Å². The lowest BCUT2D eigenvalue weighted by Crippen LogP contribution is -2.20. The Kier molecular flexibility index (Phi) is 3.30. The van der Waals surface area contributed by atoms with Gasteiger partial charge in [-0.05, 0) is 37.0 Å². The second kappa shape index (κ2) is 5.47. The van der Waals surface area contributed by atoms with Crippen LogP contribution in [0.1, 0.15) is 39.6 Å². The Morgan fingerprint density at radius 1 is 1.04 bits per heavy atom. The first-order valence-corrected chi connectivity index (χ1v) is 7.82. The number of carbonyl (C=O) groups is 1. The van der Waals surface area contributed by atoms with Gasteiger partial charge in [0, 0.05) is 12.6 Å². The minimum atomic E-state index is 0.180. The second-order valence-corrected chi connectivity index (χ2v) is 5.95. The summed E-state index contributed by atoms with van der Waals surface area (Å²) < 4.78 is 1.83. The first-order valence-electron chi connectivity index (χ1n) is 7.82. The van der Waals surface area contributed by atoms with E-state index in [1.807, 2.05) is 48.0 Å². The number of fused-ring (bicyclic) bond motifs is 1. The molecule has 0 saturated carbocycles. The van der Waals surface area contributed by atoms with Gasteiger partial charge in [-0.25, -0.2) is 9.67 Å². The fourth-order valence-electron chi connectivity index (χ4n) is 3.39. The van der Waals surface area contributed by atoms with Crippen LogP contribution in [0.4, 0.5) is 0 Å². The van der Waals surface area contributed by atoms with E-state index in [9.17, 15) is 4.79 Å². The average Bonchev–Trinajstić information content (AvgIpc) is 2.94. The van der Waals surface area contributed by atoms with Crippen molar-refractivity contribution in [2.45, 2.75) is 25.7 Å². The van der Waals surface area contributed by atoms with Crippen molar-refractivity contribution in [3.05, 3.63) is 77.2 Å². The molecule has 1 aromatic carbocycles. The number of rotatable bonds is 2. The molecule has 1 atom stereocenters.